The Morgan fingerprint density at radius 2 is 1.55 bits per heavy atom. The zero-order valence-corrected chi connectivity index (χ0v) is 17.4. The van der Waals surface area contributed by atoms with Crippen LogP contribution in [0.3, 0.4) is 0 Å². The third kappa shape index (κ3) is 3.78. The zero-order valence-electron chi connectivity index (χ0n) is 17.4. The Bertz CT molecular complexity index is 968. The Morgan fingerprint density at radius 3 is 2.14 bits per heavy atom. The van der Waals surface area contributed by atoms with Gasteiger partial charge >= 0.3 is 7.12 Å². The average molecular weight is 392 g/mol. The number of benzene rings is 2. The van der Waals surface area contributed by atoms with E-state index in [-0.39, 0.29) is 18.3 Å². The number of rotatable bonds is 5. The van der Waals surface area contributed by atoms with Crippen LogP contribution >= 0.6 is 0 Å². The fraction of sp³-hybridized carbons (Fsp3) is 0.381. The maximum atomic E-state index is 6.12. The van der Waals surface area contributed by atoms with E-state index in [1.165, 1.54) is 0 Å². The summed E-state index contributed by atoms with van der Waals surface area (Å²) in [6.45, 7) is 8.78. The molecule has 1 fully saturated rings. The van der Waals surface area contributed by atoms with E-state index in [9.17, 15) is 0 Å². The third-order valence-electron chi connectivity index (χ3n) is 5.72. The molecule has 29 heavy (non-hydrogen) atoms. The molecule has 1 aromatic heterocycles. The highest BCUT2D eigenvalue weighted by Gasteiger charge is 2.51. The molecule has 0 bridgehead atoms. The van der Waals surface area contributed by atoms with Crippen LogP contribution in [0.2, 0.25) is 0 Å². The van der Waals surface area contributed by atoms with E-state index in [1.54, 1.807) is 11.8 Å². The summed E-state index contributed by atoms with van der Waals surface area (Å²) in [5.41, 5.74) is 2.27. The molecule has 7 nitrogen and oxygen atoms in total. The molecule has 0 saturated carbocycles. The van der Waals surface area contributed by atoms with Gasteiger partial charge in [-0.15, -0.1) is 5.10 Å². The van der Waals surface area contributed by atoms with Gasteiger partial charge in [-0.05, 0) is 61.3 Å². The average Bonchev–Trinajstić information content (AvgIpc) is 3.24. The second kappa shape index (κ2) is 7.28. The van der Waals surface area contributed by atoms with Gasteiger partial charge in [-0.3, -0.25) is 0 Å². The van der Waals surface area contributed by atoms with Crippen molar-refractivity contribution in [1.82, 2.24) is 20.2 Å². The summed E-state index contributed by atoms with van der Waals surface area (Å²) in [6.07, 6.45) is 0. The number of tetrazole rings is 1. The lowest BCUT2D eigenvalue weighted by Gasteiger charge is -2.32. The highest BCUT2D eigenvalue weighted by molar-refractivity contribution is 6.62. The predicted molar refractivity (Wildman–Crippen MR) is 111 cm³/mol. The molecule has 0 unspecified atom stereocenters. The fourth-order valence-corrected chi connectivity index (χ4v) is 3.19. The molecule has 0 atom stereocenters. The van der Waals surface area contributed by atoms with Crippen molar-refractivity contribution in [1.29, 1.82) is 0 Å². The van der Waals surface area contributed by atoms with Crippen LogP contribution in [0.5, 0.6) is 5.75 Å². The van der Waals surface area contributed by atoms with Gasteiger partial charge in [-0.1, -0.05) is 36.4 Å². The molecule has 3 aromatic rings. The molecule has 0 amide bonds. The van der Waals surface area contributed by atoms with E-state index in [0.29, 0.717) is 12.4 Å². The lowest BCUT2D eigenvalue weighted by molar-refractivity contribution is 0.00578. The van der Waals surface area contributed by atoms with Crippen LogP contribution in [0.25, 0.3) is 11.4 Å². The van der Waals surface area contributed by atoms with E-state index in [0.717, 1.165) is 22.3 Å². The number of ether oxygens (including phenoxy) is 1. The minimum absolute atomic E-state index is 0.362. The molecule has 0 N–H and O–H groups in total. The SMILES string of the molecule is COc1ccc(Cn2nnnc2-c2ccc(B3OC(C)(C)C(C)(C)O3)cc2)cc1. The van der Waals surface area contributed by atoms with Crippen molar-refractivity contribution in [3.05, 3.63) is 54.1 Å². The highest BCUT2D eigenvalue weighted by Crippen LogP contribution is 2.36. The molecule has 2 aromatic carbocycles. The van der Waals surface area contributed by atoms with Gasteiger partial charge in [0, 0.05) is 5.56 Å². The normalized spacial score (nSPS) is 17.5. The summed E-state index contributed by atoms with van der Waals surface area (Å²) in [7, 11) is 1.27. The Kier molecular flexibility index (Phi) is 4.92. The van der Waals surface area contributed by atoms with Gasteiger partial charge in [0.1, 0.15) is 5.75 Å². The van der Waals surface area contributed by atoms with Gasteiger partial charge in [-0.25, -0.2) is 4.68 Å². The van der Waals surface area contributed by atoms with Gasteiger partial charge in [0.15, 0.2) is 5.82 Å². The largest absolute Gasteiger partial charge is 0.497 e. The second-order valence-electron chi connectivity index (χ2n) is 8.22. The van der Waals surface area contributed by atoms with Crippen LogP contribution in [0.4, 0.5) is 0 Å². The van der Waals surface area contributed by atoms with Crippen molar-refractivity contribution in [3.8, 4) is 17.1 Å². The highest BCUT2D eigenvalue weighted by atomic mass is 16.7. The molecule has 8 heteroatoms. The molecule has 2 heterocycles. The molecule has 1 aliphatic rings. The van der Waals surface area contributed by atoms with E-state index < -0.39 is 0 Å². The van der Waals surface area contributed by atoms with Crippen molar-refractivity contribution < 1.29 is 14.0 Å². The zero-order chi connectivity index (χ0) is 20.6. The first-order valence-corrected chi connectivity index (χ1v) is 9.64. The molecule has 0 radical (unpaired) electrons. The summed E-state index contributed by atoms with van der Waals surface area (Å²) in [5, 5.41) is 12.2. The van der Waals surface area contributed by atoms with E-state index in [4.69, 9.17) is 14.0 Å². The molecular weight excluding hydrogens is 367 g/mol. The van der Waals surface area contributed by atoms with Crippen molar-refractivity contribution in [2.75, 3.05) is 7.11 Å². The minimum Gasteiger partial charge on any atom is -0.497 e. The van der Waals surface area contributed by atoms with Crippen LogP contribution in [-0.4, -0.2) is 45.6 Å². The van der Waals surface area contributed by atoms with Gasteiger partial charge in [0.25, 0.3) is 0 Å². The number of hydrogen-bond donors (Lipinski definition) is 0. The maximum absolute atomic E-state index is 6.12. The summed E-state index contributed by atoms with van der Waals surface area (Å²) in [4.78, 5) is 0. The molecule has 1 saturated heterocycles. The van der Waals surface area contributed by atoms with Gasteiger partial charge in [0.2, 0.25) is 0 Å². The van der Waals surface area contributed by atoms with Crippen molar-refractivity contribution >= 4 is 12.6 Å². The Hall–Kier alpha value is -2.71. The van der Waals surface area contributed by atoms with Crippen LogP contribution in [0.15, 0.2) is 48.5 Å². The first kappa shape index (κ1) is 19.6. The monoisotopic (exact) mass is 392 g/mol. The van der Waals surface area contributed by atoms with Crippen molar-refractivity contribution in [2.45, 2.75) is 45.4 Å². The van der Waals surface area contributed by atoms with Crippen LogP contribution in [0, 0.1) is 0 Å². The standard InChI is InChI=1S/C21H25BN4O3/c1-20(2)21(3,4)29-22(28-20)17-10-8-16(9-11-17)19-23-24-25-26(19)14-15-6-12-18(27-5)13-7-15/h6-13H,14H2,1-5H3. The summed E-state index contributed by atoms with van der Waals surface area (Å²) in [5.74, 6) is 1.53. The quantitative estimate of drug-likeness (QED) is 0.622. The molecular formula is C21H25BN4O3. The van der Waals surface area contributed by atoms with Gasteiger partial charge in [-0.2, -0.15) is 0 Å². The van der Waals surface area contributed by atoms with E-state index in [1.807, 2.05) is 48.5 Å². The maximum Gasteiger partial charge on any atom is 0.494 e. The number of nitrogens with zero attached hydrogens (tertiary/aromatic N) is 4. The predicted octanol–water partition coefficient (Wildman–Crippen LogP) is 2.70. The fourth-order valence-electron chi connectivity index (χ4n) is 3.19. The summed E-state index contributed by atoms with van der Waals surface area (Å²) >= 11 is 0. The Morgan fingerprint density at radius 1 is 0.931 bits per heavy atom. The topological polar surface area (TPSA) is 71.3 Å². The first-order chi connectivity index (χ1) is 13.8. The van der Waals surface area contributed by atoms with Crippen molar-refractivity contribution in [3.63, 3.8) is 0 Å². The second-order valence-corrected chi connectivity index (χ2v) is 8.22. The number of aromatic nitrogens is 4. The Labute approximate surface area is 171 Å². The molecule has 0 aliphatic carbocycles. The Balaban J connectivity index is 1.52. The summed E-state index contributed by atoms with van der Waals surface area (Å²) < 4.78 is 19.2. The van der Waals surface area contributed by atoms with E-state index in [2.05, 4.69) is 43.2 Å². The molecule has 150 valence electrons. The molecule has 0 spiro atoms. The van der Waals surface area contributed by atoms with E-state index >= 15 is 0 Å². The van der Waals surface area contributed by atoms with Gasteiger partial charge in [0.05, 0.1) is 24.9 Å². The lowest BCUT2D eigenvalue weighted by Crippen LogP contribution is -2.41. The first-order valence-electron chi connectivity index (χ1n) is 9.64. The number of methoxy groups -OCH3 is 1. The lowest BCUT2D eigenvalue weighted by atomic mass is 9.79. The minimum atomic E-state index is -0.385. The summed E-state index contributed by atoms with van der Waals surface area (Å²) in [6, 6.07) is 15.9. The smallest absolute Gasteiger partial charge is 0.494 e. The van der Waals surface area contributed by atoms with Crippen LogP contribution < -0.4 is 10.2 Å². The van der Waals surface area contributed by atoms with Crippen molar-refractivity contribution in [2.24, 2.45) is 0 Å². The number of hydrogen-bond acceptors (Lipinski definition) is 6. The van der Waals surface area contributed by atoms with Gasteiger partial charge < -0.3 is 14.0 Å². The molecule has 4 rings (SSSR count). The third-order valence-corrected chi connectivity index (χ3v) is 5.72. The van der Waals surface area contributed by atoms with Crippen LogP contribution in [0.1, 0.15) is 33.3 Å². The van der Waals surface area contributed by atoms with Crippen LogP contribution in [-0.2, 0) is 15.9 Å². The molecule has 1 aliphatic heterocycles.